The van der Waals surface area contributed by atoms with E-state index in [0.29, 0.717) is 11.4 Å². The molecular weight excluding hydrogens is 400 g/mol. The predicted octanol–water partition coefficient (Wildman–Crippen LogP) is 4.08. The van der Waals surface area contributed by atoms with Crippen LogP contribution in [0.2, 0.25) is 0 Å². The van der Waals surface area contributed by atoms with Crippen molar-refractivity contribution in [1.82, 2.24) is 9.97 Å². The number of carbonyl (C=O) groups excluding carboxylic acids is 1. The second kappa shape index (κ2) is 8.81. The zero-order valence-electron chi connectivity index (χ0n) is 17.2. The molecule has 156 valence electrons. The number of benzene rings is 1. The highest BCUT2D eigenvalue weighted by molar-refractivity contribution is 7.13. The van der Waals surface area contributed by atoms with Crippen LogP contribution in [0.5, 0.6) is 5.75 Å². The third-order valence-corrected chi connectivity index (χ3v) is 5.70. The Morgan fingerprint density at radius 3 is 2.67 bits per heavy atom. The van der Waals surface area contributed by atoms with E-state index in [1.807, 2.05) is 36.4 Å². The number of methoxy groups -OCH3 is 1. The molecule has 2 aromatic heterocycles. The van der Waals surface area contributed by atoms with Crippen LogP contribution in [0.4, 0.5) is 11.5 Å². The Hall–Kier alpha value is -2.97. The molecular formula is C22H24N4O3S. The summed E-state index contributed by atoms with van der Waals surface area (Å²) in [7, 11) is 1.62. The molecule has 1 aliphatic heterocycles. The van der Waals surface area contributed by atoms with E-state index in [1.165, 1.54) is 11.3 Å². The minimum atomic E-state index is -0.268. The first kappa shape index (κ1) is 20.3. The molecule has 1 saturated heterocycles. The van der Waals surface area contributed by atoms with Crippen molar-refractivity contribution >= 4 is 28.7 Å². The Morgan fingerprint density at radius 1 is 1.20 bits per heavy atom. The first-order chi connectivity index (χ1) is 14.5. The second-order valence-corrected chi connectivity index (χ2v) is 8.12. The number of ether oxygens (including phenoxy) is 2. The van der Waals surface area contributed by atoms with Gasteiger partial charge in [-0.05, 0) is 38.1 Å². The highest BCUT2D eigenvalue weighted by Crippen LogP contribution is 2.32. The second-order valence-electron chi connectivity index (χ2n) is 7.26. The molecule has 8 heteroatoms. The number of anilines is 2. The number of carbonyl (C=O) groups is 1. The third-order valence-electron chi connectivity index (χ3n) is 4.82. The van der Waals surface area contributed by atoms with Gasteiger partial charge in [-0.25, -0.2) is 9.97 Å². The van der Waals surface area contributed by atoms with E-state index in [9.17, 15) is 4.79 Å². The Bertz CT molecular complexity index is 1010. The number of para-hydroxylation sites is 1. The lowest BCUT2D eigenvalue weighted by Gasteiger charge is -2.36. The minimum absolute atomic E-state index is 0.164. The molecule has 1 aromatic carbocycles. The first-order valence-electron chi connectivity index (χ1n) is 9.80. The first-order valence-corrected chi connectivity index (χ1v) is 10.7. The molecule has 1 aliphatic rings. The van der Waals surface area contributed by atoms with Crippen LogP contribution in [0.1, 0.15) is 24.3 Å². The maximum absolute atomic E-state index is 12.6. The van der Waals surface area contributed by atoms with E-state index in [-0.39, 0.29) is 18.1 Å². The SMILES string of the molecule is COc1ccccc1-c1nc(C(=O)Nc2ccc(N3CC(C)OC(C)C3)nc2)cs1. The quantitative estimate of drug-likeness (QED) is 0.665. The Labute approximate surface area is 179 Å². The summed E-state index contributed by atoms with van der Waals surface area (Å²) in [6.45, 7) is 5.72. The van der Waals surface area contributed by atoms with Gasteiger partial charge in [-0.2, -0.15) is 0 Å². The average molecular weight is 425 g/mol. The molecule has 0 aliphatic carbocycles. The molecule has 1 fully saturated rings. The van der Waals surface area contributed by atoms with Crippen LogP contribution in [0.15, 0.2) is 48.0 Å². The topological polar surface area (TPSA) is 76.6 Å². The van der Waals surface area contributed by atoms with E-state index in [1.54, 1.807) is 18.7 Å². The smallest absolute Gasteiger partial charge is 0.275 e. The maximum atomic E-state index is 12.6. The van der Waals surface area contributed by atoms with Crippen molar-refractivity contribution in [2.24, 2.45) is 0 Å². The van der Waals surface area contributed by atoms with Crippen molar-refractivity contribution in [3.63, 3.8) is 0 Å². The number of pyridine rings is 1. The third kappa shape index (κ3) is 4.44. The van der Waals surface area contributed by atoms with Crippen LogP contribution < -0.4 is 15.0 Å². The van der Waals surface area contributed by atoms with Gasteiger partial charge in [-0.1, -0.05) is 12.1 Å². The largest absolute Gasteiger partial charge is 0.496 e. The number of nitrogens with one attached hydrogen (secondary N) is 1. The average Bonchev–Trinajstić information content (AvgIpc) is 3.24. The number of nitrogens with zero attached hydrogens (tertiary/aromatic N) is 3. The highest BCUT2D eigenvalue weighted by Gasteiger charge is 2.23. The van der Waals surface area contributed by atoms with Gasteiger partial charge in [-0.3, -0.25) is 4.79 Å². The van der Waals surface area contributed by atoms with Crippen molar-refractivity contribution in [2.45, 2.75) is 26.1 Å². The fourth-order valence-corrected chi connectivity index (χ4v) is 4.36. The molecule has 4 rings (SSSR count). The van der Waals surface area contributed by atoms with Gasteiger partial charge in [0.2, 0.25) is 0 Å². The Kier molecular flexibility index (Phi) is 5.96. The number of amides is 1. The zero-order valence-corrected chi connectivity index (χ0v) is 18.0. The number of rotatable bonds is 5. The monoisotopic (exact) mass is 424 g/mol. The number of thiazole rings is 1. The van der Waals surface area contributed by atoms with Gasteiger partial charge in [0.15, 0.2) is 0 Å². The summed E-state index contributed by atoms with van der Waals surface area (Å²) in [5, 5.41) is 5.35. The van der Waals surface area contributed by atoms with Crippen LogP contribution in [-0.2, 0) is 4.74 Å². The molecule has 0 bridgehead atoms. The van der Waals surface area contributed by atoms with Crippen molar-refractivity contribution in [3.8, 4) is 16.3 Å². The molecule has 0 saturated carbocycles. The van der Waals surface area contributed by atoms with Gasteiger partial charge in [0, 0.05) is 18.5 Å². The standard InChI is InChI=1S/C22H24N4O3S/c1-14-11-26(12-15(2)29-14)20-9-8-16(10-23-20)24-21(27)18-13-30-22(25-18)17-6-4-5-7-19(17)28-3/h4-10,13-15H,11-12H2,1-3H3,(H,24,27). The van der Waals surface area contributed by atoms with Gasteiger partial charge in [0.1, 0.15) is 22.3 Å². The van der Waals surface area contributed by atoms with Gasteiger partial charge in [0.05, 0.1) is 36.8 Å². The van der Waals surface area contributed by atoms with Crippen LogP contribution in [-0.4, -0.2) is 48.3 Å². The summed E-state index contributed by atoms with van der Waals surface area (Å²) < 4.78 is 11.2. The zero-order chi connectivity index (χ0) is 21.1. The summed E-state index contributed by atoms with van der Waals surface area (Å²) >= 11 is 1.41. The lowest BCUT2D eigenvalue weighted by molar-refractivity contribution is -0.00545. The maximum Gasteiger partial charge on any atom is 0.275 e. The summed E-state index contributed by atoms with van der Waals surface area (Å²) in [6, 6.07) is 11.4. The number of aromatic nitrogens is 2. The lowest BCUT2D eigenvalue weighted by atomic mass is 10.2. The molecule has 3 heterocycles. The van der Waals surface area contributed by atoms with Crippen molar-refractivity contribution in [2.75, 3.05) is 30.4 Å². The minimum Gasteiger partial charge on any atom is -0.496 e. The summed E-state index contributed by atoms with van der Waals surface area (Å²) in [6.07, 6.45) is 2.00. The molecule has 2 atom stereocenters. The predicted molar refractivity (Wildman–Crippen MR) is 119 cm³/mol. The van der Waals surface area contributed by atoms with E-state index in [4.69, 9.17) is 9.47 Å². The molecule has 0 spiro atoms. The summed E-state index contributed by atoms with van der Waals surface area (Å²) in [5.41, 5.74) is 1.86. The van der Waals surface area contributed by atoms with Crippen LogP contribution >= 0.6 is 11.3 Å². The van der Waals surface area contributed by atoms with E-state index in [0.717, 1.165) is 35.2 Å². The molecule has 2 unspecified atom stereocenters. The van der Waals surface area contributed by atoms with Gasteiger partial charge < -0.3 is 19.7 Å². The summed E-state index contributed by atoms with van der Waals surface area (Å²) in [5.74, 6) is 1.34. The Morgan fingerprint density at radius 2 is 1.97 bits per heavy atom. The van der Waals surface area contributed by atoms with Crippen LogP contribution in [0.3, 0.4) is 0 Å². The highest BCUT2D eigenvalue weighted by atomic mass is 32.1. The van der Waals surface area contributed by atoms with Crippen molar-refractivity contribution in [3.05, 3.63) is 53.7 Å². The number of morpholine rings is 1. The number of hydrogen-bond acceptors (Lipinski definition) is 7. The van der Waals surface area contributed by atoms with E-state index < -0.39 is 0 Å². The number of hydrogen-bond donors (Lipinski definition) is 1. The molecule has 7 nitrogen and oxygen atoms in total. The molecule has 0 radical (unpaired) electrons. The normalized spacial score (nSPS) is 18.8. The molecule has 1 N–H and O–H groups in total. The van der Waals surface area contributed by atoms with Gasteiger partial charge in [0.25, 0.3) is 5.91 Å². The van der Waals surface area contributed by atoms with Crippen molar-refractivity contribution < 1.29 is 14.3 Å². The summed E-state index contributed by atoms with van der Waals surface area (Å²) in [4.78, 5) is 23.8. The van der Waals surface area contributed by atoms with E-state index in [2.05, 4.69) is 34.0 Å². The van der Waals surface area contributed by atoms with Crippen LogP contribution in [0, 0.1) is 0 Å². The van der Waals surface area contributed by atoms with Gasteiger partial charge in [-0.15, -0.1) is 11.3 Å². The van der Waals surface area contributed by atoms with E-state index >= 15 is 0 Å². The molecule has 3 aromatic rings. The fourth-order valence-electron chi connectivity index (χ4n) is 3.53. The Balaban J connectivity index is 1.44. The molecule has 1 amide bonds. The molecule has 30 heavy (non-hydrogen) atoms. The van der Waals surface area contributed by atoms with Crippen molar-refractivity contribution in [1.29, 1.82) is 0 Å². The van der Waals surface area contributed by atoms with Gasteiger partial charge >= 0.3 is 0 Å². The van der Waals surface area contributed by atoms with Crippen LogP contribution in [0.25, 0.3) is 10.6 Å². The lowest BCUT2D eigenvalue weighted by Crippen LogP contribution is -2.45. The fraction of sp³-hybridized carbons (Fsp3) is 0.318.